The molecule has 0 aliphatic carbocycles. The van der Waals surface area contributed by atoms with Crippen molar-refractivity contribution in [2.75, 3.05) is 37.3 Å². The molecule has 334 valence electrons. The van der Waals surface area contributed by atoms with E-state index >= 15 is 0 Å². The zero-order chi connectivity index (χ0) is 44.5. The number of rotatable bonds is 20. The summed E-state index contributed by atoms with van der Waals surface area (Å²) in [6.45, 7) is 2.23. The Labute approximate surface area is 376 Å². The minimum atomic E-state index is -0.984. The van der Waals surface area contributed by atoms with Gasteiger partial charge < -0.3 is 20.7 Å². The van der Waals surface area contributed by atoms with Gasteiger partial charge in [0.05, 0.1) is 35.0 Å². The molecule has 4 N–H and O–H groups in total. The molecule has 0 radical (unpaired) electrons. The molecule has 2 aromatic heterocycles. The van der Waals surface area contributed by atoms with Crippen molar-refractivity contribution in [3.63, 3.8) is 0 Å². The van der Waals surface area contributed by atoms with E-state index in [1.54, 1.807) is 36.7 Å². The number of carbonyl (C=O) groups excluding carboxylic acids is 5. The van der Waals surface area contributed by atoms with Crippen molar-refractivity contribution in [1.29, 1.82) is 0 Å². The molecule has 2 fully saturated rings. The number of anilines is 2. The molecule has 0 spiro atoms. The molecule has 4 aromatic rings. The van der Waals surface area contributed by atoms with Gasteiger partial charge in [0.2, 0.25) is 17.7 Å². The highest BCUT2D eigenvalue weighted by Crippen LogP contribution is 2.34. The molecule has 17 heteroatoms. The van der Waals surface area contributed by atoms with E-state index in [4.69, 9.17) is 33.7 Å². The summed E-state index contributed by atoms with van der Waals surface area (Å²) >= 11 is 12.3. The number of pyridine rings is 1. The SMILES string of the molecule is Nc1ncc(-c2cnn(C3CCN(C(=O)CCCCCCCCCCCNc4cccc5c4C(=O)N([C@@H]4CCC(=O)NC4=O)C5=O)CC3)c2)cc1OCCc1c(Cl)ccc(F)c1Cl. The zero-order valence-corrected chi connectivity index (χ0v) is 36.7. The van der Waals surface area contributed by atoms with Gasteiger partial charge >= 0.3 is 0 Å². The van der Waals surface area contributed by atoms with Gasteiger partial charge in [-0.1, -0.05) is 74.2 Å². The lowest BCUT2D eigenvalue weighted by molar-refractivity contribution is -0.136. The highest BCUT2D eigenvalue weighted by atomic mass is 35.5. The third kappa shape index (κ3) is 11.0. The Morgan fingerprint density at radius 2 is 1.63 bits per heavy atom. The number of unbranched alkanes of at least 4 members (excludes halogenated alkanes) is 8. The fourth-order valence-corrected chi connectivity index (χ4v) is 9.10. The number of nitrogens with two attached hydrogens (primary N) is 1. The van der Waals surface area contributed by atoms with Crippen LogP contribution in [0.4, 0.5) is 15.9 Å². The van der Waals surface area contributed by atoms with Gasteiger partial charge in [0.1, 0.15) is 11.9 Å². The lowest BCUT2D eigenvalue weighted by atomic mass is 10.0. The number of nitrogens with one attached hydrogen (secondary N) is 2. The number of ether oxygens (including phenoxy) is 1. The smallest absolute Gasteiger partial charge is 0.264 e. The molecule has 0 bridgehead atoms. The highest BCUT2D eigenvalue weighted by Gasteiger charge is 2.45. The summed E-state index contributed by atoms with van der Waals surface area (Å²) in [7, 11) is 0. The highest BCUT2D eigenvalue weighted by molar-refractivity contribution is 6.36. The van der Waals surface area contributed by atoms with E-state index in [-0.39, 0.29) is 53.4 Å². The fourth-order valence-electron chi connectivity index (χ4n) is 8.54. The van der Waals surface area contributed by atoms with Crippen molar-refractivity contribution >= 4 is 64.2 Å². The first-order chi connectivity index (χ1) is 30.5. The van der Waals surface area contributed by atoms with Crippen LogP contribution in [-0.2, 0) is 20.8 Å². The minimum Gasteiger partial charge on any atom is -0.489 e. The Bertz CT molecular complexity index is 2330. The molecule has 2 saturated heterocycles. The standard InChI is InChI=1S/C46H53Cl2FN8O6/c47-34-14-15-35(49)42(48)32(34)20-24-63-38-25-29(26-52-43(38)50)30-27-53-56(28-30)31-18-22-55(23-19-31)40(59)13-8-6-4-2-1-3-5-7-9-21-51-36-12-10-11-33-41(36)46(62)57(45(33)61)37-16-17-39(58)54-44(37)60/h10-12,14-15,25-28,31,37,51H,1-9,13,16-24H2,(H2,50,52)(H,54,58,60)/t37-/m1/s1. The monoisotopic (exact) mass is 902 g/mol. The van der Waals surface area contributed by atoms with Crippen LogP contribution in [0, 0.1) is 5.82 Å². The van der Waals surface area contributed by atoms with Crippen molar-refractivity contribution < 1.29 is 33.1 Å². The predicted octanol–water partition coefficient (Wildman–Crippen LogP) is 8.17. The lowest BCUT2D eigenvalue weighted by Gasteiger charge is -2.32. The van der Waals surface area contributed by atoms with Gasteiger partial charge in [-0.3, -0.25) is 38.9 Å². The maximum absolute atomic E-state index is 13.9. The Kier molecular flexibility index (Phi) is 15.3. The van der Waals surface area contributed by atoms with Crippen molar-refractivity contribution in [2.24, 2.45) is 0 Å². The van der Waals surface area contributed by atoms with Gasteiger partial charge in [0, 0.05) is 73.1 Å². The maximum atomic E-state index is 13.9. The third-order valence-electron chi connectivity index (χ3n) is 12.1. The topological polar surface area (TPSA) is 182 Å². The quantitative estimate of drug-likeness (QED) is 0.0445. The lowest BCUT2D eigenvalue weighted by Crippen LogP contribution is -2.54. The molecule has 0 saturated carbocycles. The number of halogens is 3. The number of amides is 5. The molecular formula is C46H53Cl2FN8O6. The molecule has 3 aliphatic heterocycles. The van der Waals surface area contributed by atoms with Gasteiger partial charge in [-0.2, -0.15) is 5.10 Å². The van der Waals surface area contributed by atoms with Crippen molar-refractivity contribution in [1.82, 2.24) is 29.9 Å². The number of nitrogen functional groups attached to an aromatic ring is 1. The summed E-state index contributed by atoms with van der Waals surface area (Å²) in [6.07, 6.45) is 17.7. The second-order valence-corrected chi connectivity index (χ2v) is 17.2. The van der Waals surface area contributed by atoms with Crippen LogP contribution in [-0.4, -0.2) is 86.4 Å². The number of imide groups is 2. The number of benzene rings is 2. The third-order valence-corrected chi connectivity index (χ3v) is 12.9. The van der Waals surface area contributed by atoms with Crippen LogP contribution in [0.2, 0.25) is 10.0 Å². The van der Waals surface area contributed by atoms with Gasteiger partial charge in [0.25, 0.3) is 11.8 Å². The molecule has 5 heterocycles. The average molecular weight is 904 g/mol. The first kappa shape index (κ1) is 45.5. The molecule has 1 atom stereocenters. The first-order valence-corrected chi connectivity index (χ1v) is 22.7. The second-order valence-electron chi connectivity index (χ2n) is 16.4. The van der Waals surface area contributed by atoms with Crippen molar-refractivity contribution in [3.8, 4) is 16.9 Å². The normalized spacial score (nSPS) is 16.7. The molecular weight excluding hydrogens is 850 g/mol. The van der Waals surface area contributed by atoms with E-state index in [0.717, 1.165) is 86.7 Å². The van der Waals surface area contributed by atoms with Gasteiger partial charge in [-0.15, -0.1) is 0 Å². The van der Waals surface area contributed by atoms with Gasteiger partial charge in [-0.05, 0) is 68.0 Å². The number of carbonyl (C=O) groups is 5. The largest absolute Gasteiger partial charge is 0.489 e. The maximum Gasteiger partial charge on any atom is 0.264 e. The van der Waals surface area contributed by atoms with Crippen molar-refractivity contribution in [3.05, 3.63) is 87.5 Å². The van der Waals surface area contributed by atoms with Gasteiger partial charge in [-0.25, -0.2) is 9.37 Å². The molecule has 2 aromatic carbocycles. The molecule has 7 rings (SSSR count). The van der Waals surface area contributed by atoms with Crippen molar-refractivity contribution in [2.45, 2.75) is 108 Å². The van der Waals surface area contributed by atoms with Crippen LogP contribution in [0.15, 0.2) is 55.0 Å². The summed E-state index contributed by atoms with van der Waals surface area (Å²) < 4.78 is 21.8. The number of fused-ring (bicyclic) bond motifs is 1. The first-order valence-electron chi connectivity index (χ1n) is 21.9. The minimum absolute atomic E-state index is 0.0226. The van der Waals surface area contributed by atoms with E-state index in [0.29, 0.717) is 54.5 Å². The van der Waals surface area contributed by atoms with E-state index in [1.165, 1.54) is 12.1 Å². The van der Waals surface area contributed by atoms with Crippen LogP contribution >= 0.6 is 23.2 Å². The van der Waals surface area contributed by atoms with E-state index in [9.17, 15) is 28.4 Å². The zero-order valence-electron chi connectivity index (χ0n) is 35.2. The number of aromatic nitrogens is 3. The van der Waals surface area contributed by atoms with Gasteiger partial charge in [0.15, 0.2) is 11.6 Å². The number of nitrogens with zero attached hydrogens (tertiary/aromatic N) is 5. The van der Waals surface area contributed by atoms with Crippen LogP contribution in [0.5, 0.6) is 5.75 Å². The predicted molar refractivity (Wildman–Crippen MR) is 238 cm³/mol. The Hall–Kier alpha value is -5.54. The van der Waals surface area contributed by atoms with Crippen LogP contribution in [0.25, 0.3) is 11.1 Å². The van der Waals surface area contributed by atoms with E-state index in [1.807, 2.05) is 15.8 Å². The molecule has 0 unspecified atom stereocenters. The number of piperidine rings is 2. The van der Waals surface area contributed by atoms with Crippen LogP contribution < -0.4 is 21.1 Å². The number of hydrogen-bond acceptors (Lipinski definition) is 10. The molecule has 5 amide bonds. The second kappa shape index (κ2) is 21.2. The van der Waals surface area contributed by atoms with E-state index < -0.39 is 35.5 Å². The summed E-state index contributed by atoms with van der Waals surface area (Å²) in [5.41, 5.74) is 9.36. The Balaban J connectivity index is 0.734. The molecule has 14 nitrogen and oxygen atoms in total. The summed E-state index contributed by atoms with van der Waals surface area (Å²) in [5, 5.41) is 10.5. The average Bonchev–Trinajstić information content (AvgIpc) is 3.87. The van der Waals surface area contributed by atoms with E-state index in [2.05, 4.69) is 20.7 Å². The number of likely N-dealkylation sites (tertiary alicyclic amines) is 1. The van der Waals surface area contributed by atoms with Crippen LogP contribution in [0.3, 0.4) is 0 Å². The Morgan fingerprint density at radius 3 is 2.38 bits per heavy atom. The summed E-state index contributed by atoms with van der Waals surface area (Å²) in [4.78, 5) is 70.6. The Morgan fingerprint density at radius 1 is 0.905 bits per heavy atom. The fraction of sp³-hybridized carbons (Fsp3) is 0.457. The summed E-state index contributed by atoms with van der Waals surface area (Å²) in [6, 6.07) is 8.80. The number of hydrogen-bond donors (Lipinski definition) is 3. The summed E-state index contributed by atoms with van der Waals surface area (Å²) in [5.74, 6) is -1.73. The molecule has 3 aliphatic rings. The van der Waals surface area contributed by atoms with Crippen LogP contribution in [0.1, 0.15) is 122 Å². The molecule has 63 heavy (non-hydrogen) atoms.